The van der Waals surface area contributed by atoms with Gasteiger partial charge in [-0.25, -0.2) is 4.79 Å². The highest BCUT2D eigenvalue weighted by molar-refractivity contribution is 9.10. The summed E-state index contributed by atoms with van der Waals surface area (Å²) in [5.74, 6) is -0.799. The van der Waals surface area contributed by atoms with E-state index in [4.69, 9.17) is 4.74 Å². The number of amides is 1. The van der Waals surface area contributed by atoms with Crippen molar-refractivity contribution in [2.24, 2.45) is 0 Å². The van der Waals surface area contributed by atoms with Gasteiger partial charge in [-0.2, -0.15) is 0 Å². The lowest BCUT2D eigenvalue weighted by atomic mass is 10.1. The van der Waals surface area contributed by atoms with E-state index in [0.717, 1.165) is 14.9 Å². The monoisotopic (exact) mass is 381 g/mol. The van der Waals surface area contributed by atoms with Gasteiger partial charge in [0, 0.05) is 9.35 Å². The first-order valence-corrected chi connectivity index (χ1v) is 8.35. The Morgan fingerprint density at radius 1 is 1.27 bits per heavy atom. The van der Waals surface area contributed by atoms with E-state index in [2.05, 4.69) is 21.2 Å². The lowest BCUT2D eigenvalue weighted by molar-refractivity contribution is -0.124. The Balaban J connectivity index is 1.85. The van der Waals surface area contributed by atoms with Gasteiger partial charge in [0.25, 0.3) is 5.91 Å². The summed E-state index contributed by atoms with van der Waals surface area (Å²) in [6.07, 6.45) is 0. The standard InChI is InChI=1S/C16H16BrNO3S/c1-10-7-8-14(22-10)16(20)21-9-15(19)18-11(2)12-5-3-4-6-13(12)17/h3-8,11H,9H2,1-2H3,(H,18,19)/t11-/m0/s1. The van der Waals surface area contributed by atoms with Crippen LogP contribution in [0.2, 0.25) is 0 Å². The molecule has 0 aliphatic carbocycles. The van der Waals surface area contributed by atoms with Gasteiger partial charge in [0.15, 0.2) is 6.61 Å². The molecule has 0 bridgehead atoms. The van der Waals surface area contributed by atoms with Gasteiger partial charge < -0.3 is 10.1 Å². The Morgan fingerprint density at radius 2 is 2.00 bits per heavy atom. The minimum absolute atomic E-state index is 0.175. The summed E-state index contributed by atoms with van der Waals surface area (Å²) in [5.41, 5.74) is 0.969. The largest absolute Gasteiger partial charge is 0.451 e. The molecule has 1 heterocycles. The molecule has 0 saturated carbocycles. The van der Waals surface area contributed by atoms with E-state index in [1.54, 1.807) is 6.07 Å². The number of nitrogens with one attached hydrogen (secondary N) is 1. The van der Waals surface area contributed by atoms with Gasteiger partial charge in [0.2, 0.25) is 0 Å². The highest BCUT2D eigenvalue weighted by atomic mass is 79.9. The molecule has 1 amide bonds. The average Bonchev–Trinajstić information content (AvgIpc) is 2.91. The molecule has 1 atom stereocenters. The van der Waals surface area contributed by atoms with Crippen LogP contribution in [0.25, 0.3) is 0 Å². The smallest absolute Gasteiger partial charge is 0.348 e. The highest BCUT2D eigenvalue weighted by Gasteiger charge is 2.15. The van der Waals surface area contributed by atoms with Crippen LogP contribution in [-0.4, -0.2) is 18.5 Å². The molecule has 0 unspecified atom stereocenters. The van der Waals surface area contributed by atoms with Crippen LogP contribution in [-0.2, 0) is 9.53 Å². The second-order valence-corrected chi connectivity index (χ2v) is 6.94. The predicted octanol–water partition coefficient (Wildman–Crippen LogP) is 3.85. The van der Waals surface area contributed by atoms with Gasteiger partial charge in [-0.15, -0.1) is 11.3 Å². The molecule has 1 aromatic heterocycles. The number of hydrogen-bond donors (Lipinski definition) is 1. The molecule has 22 heavy (non-hydrogen) atoms. The lowest BCUT2D eigenvalue weighted by Gasteiger charge is -2.15. The zero-order chi connectivity index (χ0) is 16.1. The van der Waals surface area contributed by atoms with Gasteiger partial charge in [-0.3, -0.25) is 4.79 Å². The molecule has 0 saturated heterocycles. The number of thiophene rings is 1. The van der Waals surface area contributed by atoms with Crippen LogP contribution in [0.15, 0.2) is 40.9 Å². The van der Waals surface area contributed by atoms with Crippen molar-refractivity contribution in [3.8, 4) is 0 Å². The van der Waals surface area contributed by atoms with Crippen LogP contribution >= 0.6 is 27.3 Å². The number of carbonyl (C=O) groups excluding carboxylic acids is 2. The van der Waals surface area contributed by atoms with E-state index in [0.29, 0.717) is 4.88 Å². The molecule has 0 aliphatic heterocycles. The lowest BCUT2D eigenvalue weighted by Crippen LogP contribution is -2.31. The zero-order valence-electron chi connectivity index (χ0n) is 12.3. The molecule has 0 fully saturated rings. The highest BCUT2D eigenvalue weighted by Crippen LogP contribution is 2.22. The minimum atomic E-state index is -0.471. The first-order chi connectivity index (χ1) is 10.5. The van der Waals surface area contributed by atoms with E-state index in [9.17, 15) is 9.59 Å². The van der Waals surface area contributed by atoms with Crippen molar-refractivity contribution in [2.75, 3.05) is 6.61 Å². The van der Waals surface area contributed by atoms with Crippen LogP contribution in [0, 0.1) is 6.92 Å². The fraction of sp³-hybridized carbons (Fsp3) is 0.250. The van der Waals surface area contributed by atoms with E-state index in [1.165, 1.54) is 11.3 Å². The van der Waals surface area contributed by atoms with Crippen LogP contribution in [0.3, 0.4) is 0 Å². The van der Waals surface area contributed by atoms with Crippen molar-refractivity contribution in [3.63, 3.8) is 0 Å². The van der Waals surface area contributed by atoms with E-state index in [-0.39, 0.29) is 18.6 Å². The van der Waals surface area contributed by atoms with Crippen LogP contribution in [0.1, 0.15) is 33.1 Å². The van der Waals surface area contributed by atoms with Gasteiger partial charge in [-0.1, -0.05) is 34.1 Å². The molecular formula is C16H16BrNO3S. The van der Waals surface area contributed by atoms with Gasteiger partial charge >= 0.3 is 5.97 Å². The number of carbonyl (C=O) groups is 2. The molecule has 4 nitrogen and oxygen atoms in total. The molecule has 1 N–H and O–H groups in total. The summed E-state index contributed by atoms with van der Waals surface area (Å²) in [4.78, 5) is 25.2. The molecule has 0 radical (unpaired) electrons. The molecule has 2 rings (SSSR count). The fourth-order valence-corrected chi connectivity index (χ4v) is 3.32. The zero-order valence-corrected chi connectivity index (χ0v) is 14.7. The van der Waals surface area contributed by atoms with Crippen LogP contribution in [0.5, 0.6) is 0 Å². The molecule has 116 valence electrons. The number of ether oxygens (including phenoxy) is 1. The molecule has 6 heteroatoms. The molecule has 0 spiro atoms. The number of halogens is 1. The Bertz CT molecular complexity index is 684. The Morgan fingerprint density at radius 3 is 2.64 bits per heavy atom. The first kappa shape index (κ1) is 16.7. The first-order valence-electron chi connectivity index (χ1n) is 6.74. The van der Waals surface area contributed by atoms with Gasteiger partial charge in [0.1, 0.15) is 4.88 Å². The summed E-state index contributed by atoms with van der Waals surface area (Å²) in [5, 5.41) is 2.81. The van der Waals surface area contributed by atoms with Gasteiger partial charge in [-0.05, 0) is 37.6 Å². The quantitative estimate of drug-likeness (QED) is 0.800. The number of esters is 1. The minimum Gasteiger partial charge on any atom is -0.451 e. The average molecular weight is 382 g/mol. The summed E-state index contributed by atoms with van der Waals surface area (Å²) in [7, 11) is 0. The van der Waals surface area contributed by atoms with E-state index < -0.39 is 5.97 Å². The van der Waals surface area contributed by atoms with Crippen molar-refractivity contribution >= 4 is 39.1 Å². The van der Waals surface area contributed by atoms with E-state index in [1.807, 2.05) is 44.2 Å². The molecule has 2 aromatic rings. The normalized spacial score (nSPS) is 11.8. The molecule has 0 aliphatic rings. The fourth-order valence-electron chi connectivity index (χ4n) is 1.93. The van der Waals surface area contributed by atoms with Crippen molar-refractivity contribution in [1.29, 1.82) is 0 Å². The topological polar surface area (TPSA) is 55.4 Å². The summed E-state index contributed by atoms with van der Waals surface area (Å²) < 4.78 is 5.94. The maximum Gasteiger partial charge on any atom is 0.348 e. The Labute approximate surface area is 141 Å². The van der Waals surface area contributed by atoms with E-state index >= 15 is 0 Å². The predicted molar refractivity (Wildman–Crippen MR) is 90.0 cm³/mol. The van der Waals surface area contributed by atoms with Crippen molar-refractivity contribution in [2.45, 2.75) is 19.9 Å². The van der Waals surface area contributed by atoms with Crippen molar-refractivity contribution in [1.82, 2.24) is 5.32 Å². The molecular weight excluding hydrogens is 366 g/mol. The second-order valence-electron chi connectivity index (χ2n) is 4.80. The number of rotatable bonds is 5. The van der Waals surface area contributed by atoms with Crippen LogP contribution in [0.4, 0.5) is 0 Å². The molecule has 1 aromatic carbocycles. The third kappa shape index (κ3) is 4.42. The number of hydrogen-bond acceptors (Lipinski definition) is 4. The summed E-state index contributed by atoms with van der Waals surface area (Å²) >= 11 is 4.79. The van der Waals surface area contributed by atoms with Gasteiger partial charge in [0.05, 0.1) is 6.04 Å². The van der Waals surface area contributed by atoms with Crippen molar-refractivity contribution in [3.05, 3.63) is 56.2 Å². The number of aryl methyl sites for hydroxylation is 1. The maximum atomic E-state index is 11.9. The second kappa shape index (κ2) is 7.56. The van der Waals surface area contributed by atoms with Crippen molar-refractivity contribution < 1.29 is 14.3 Å². The Hall–Kier alpha value is -1.66. The maximum absolute atomic E-state index is 11.9. The Kier molecular flexibility index (Phi) is 5.74. The number of benzene rings is 1. The third-order valence-electron chi connectivity index (χ3n) is 3.03. The van der Waals surface area contributed by atoms with Crippen LogP contribution < -0.4 is 5.32 Å². The third-order valence-corrected chi connectivity index (χ3v) is 4.73. The summed E-state index contributed by atoms with van der Waals surface area (Å²) in [6, 6.07) is 11.0. The summed E-state index contributed by atoms with van der Waals surface area (Å²) in [6.45, 7) is 3.50. The SMILES string of the molecule is Cc1ccc(C(=O)OCC(=O)N[C@@H](C)c2ccccc2Br)s1.